The molecule has 1 aliphatic heterocycles. The predicted molar refractivity (Wildman–Crippen MR) is 266 cm³/mol. The van der Waals surface area contributed by atoms with Crippen LogP contribution in [0.15, 0.2) is 77.8 Å². The van der Waals surface area contributed by atoms with Crippen molar-refractivity contribution in [2.45, 2.75) is 91.3 Å². The van der Waals surface area contributed by atoms with Crippen LogP contribution in [0.3, 0.4) is 0 Å². The minimum Gasteiger partial charge on any atom is -0.349 e. The van der Waals surface area contributed by atoms with Gasteiger partial charge in [-0.2, -0.15) is 9.57 Å². The lowest BCUT2D eigenvalue weighted by Gasteiger charge is -2.29. The summed E-state index contributed by atoms with van der Waals surface area (Å²) < 4.78 is 29.8. The fourth-order valence-corrected chi connectivity index (χ4v) is 7.18. The van der Waals surface area contributed by atoms with E-state index < -0.39 is 22.8 Å². The number of aliphatic imine (C=N–C) groups is 1. The third-order valence-corrected chi connectivity index (χ3v) is 11.0. The van der Waals surface area contributed by atoms with Crippen molar-refractivity contribution in [1.82, 2.24) is 4.90 Å². The highest BCUT2D eigenvalue weighted by atomic mass is 32.1. The molecule has 1 aliphatic rings. The molecule has 12 nitrogen and oxygen atoms in total. The molecule has 0 radical (unpaired) electrons. The number of benzene rings is 4. The molecule has 0 aliphatic carbocycles. The van der Waals surface area contributed by atoms with Gasteiger partial charge in [0.15, 0.2) is 16.5 Å². The monoisotopic (exact) mass is 930 g/mol. The van der Waals surface area contributed by atoms with Crippen LogP contribution in [0.4, 0.5) is 42.9 Å². The van der Waals surface area contributed by atoms with Crippen molar-refractivity contribution in [2.24, 2.45) is 4.99 Å². The average Bonchev–Trinajstić information content (AvgIpc) is 3.46. The maximum absolute atomic E-state index is 15.1. The second-order valence-electron chi connectivity index (χ2n) is 16.6. The molecule has 1 N–H and O–H groups in total. The van der Waals surface area contributed by atoms with E-state index in [9.17, 15) is 18.8 Å². The Labute approximate surface area is 397 Å². The Balaban J connectivity index is 0.000000296. The molecule has 1 fully saturated rings. The smallest absolute Gasteiger partial charge is 0.349 e. The van der Waals surface area contributed by atoms with Gasteiger partial charge < -0.3 is 15.1 Å². The lowest BCUT2D eigenvalue weighted by molar-refractivity contribution is -0.410. The molecule has 0 saturated carbocycles. The van der Waals surface area contributed by atoms with Crippen molar-refractivity contribution in [1.29, 1.82) is 0 Å². The van der Waals surface area contributed by atoms with Crippen LogP contribution in [0.2, 0.25) is 0 Å². The first kappa shape index (κ1) is 53.3. The minimum absolute atomic E-state index is 0.0488. The summed E-state index contributed by atoms with van der Waals surface area (Å²) in [4.78, 5) is 54.5. The second-order valence-corrected chi connectivity index (χ2v) is 17.1. The average molecular weight is 931 g/mol. The Kier molecular flexibility index (Phi) is 19.2. The Hall–Kier alpha value is -7.02. The molecule has 5 rings (SSSR count). The zero-order valence-corrected chi connectivity index (χ0v) is 40.4. The van der Waals surface area contributed by atoms with Crippen molar-refractivity contribution >= 4 is 93.3 Å². The number of hydrogen-bond acceptors (Lipinski definition) is 7. The maximum atomic E-state index is 15.1. The molecule has 4 aromatic carbocycles. The molecule has 3 amide bonds. The fourth-order valence-electron chi connectivity index (χ4n) is 6.56. The van der Waals surface area contributed by atoms with E-state index in [1.807, 2.05) is 62.4 Å². The Morgan fingerprint density at radius 1 is 0.879 bits per heavy atom. The number of halogens is 2. The largest absolute Gasteiger partial charge is 0.386 e. The lowest BCUT2D eigenvalue weighted by atomic mass is 10.0. The topological polar surface area (TPSA) is 101 Å². The van der Waals surface area contributed by atoms with Crippen molar-refractivity contribution in [3.05, 3.63) is 141 Å². The van der Waals surface area contributed by atoms with E-state index in [0.29, 0.717) is 24.1 Å². The summed E-state index contributed by atoms with van der Waals surface area (Å²) in [5, 5.41) is 5.43. The molecule has 16 heteroatoms. The first-order valence-corrected chi connectivity index (χ1v) is 21.6. The zero-order valence-electron chi connectivity index (χ0n) is 38.8. The summed E-state index contributed by atoms with van der Waals surface area (Å²) in [6, 6.07) is 21.5. The summed E-state index contributed by atoms with van der Waals surface area (Å²) in [5.74, 6) is -1.32. The SMILES string of the molecule is [C-]#[N+]C(C)(C)Nc1ccc(CCCC(=O)[N+](=C)C)cc1.[C-]#[N+]c1ccc(N2C(=O)C(C)(C)N(c3ccc(CCCC(=O)N(C)C)cc3)C2=S)c(F)c1C.[C-]#[N+]c1ccc(N=C=S)c(F)c1C. The fraction of sp³-hybridized carbons (Fsp3) is 0.340. The van der Waals surface area contributed by atoms with E-state index in [1.54, 1.807) is 44.8 Å². The van der Waals surface area contributed by atoms with Gasteiger partial charge in [0.2, 0.25) is 5.91 Å². The summed E-state index contributed by atoms with van der Waals surface area (Å²) >= 11 is 9.99. The van der Waals surface area contributed by atoms with E-state index in [-0.39, 0.29) is 45.5 Å². The number of nitrogens with one attached hydrogen (secondary N) is 1. The minimum atomic E-state index is -1.02. The standard InChI is InChI=1S/C25H27FN4O2S.C16H22N3O.C9H5FN2S/c1-16-19(27-4)14-15-20(22(16)26)29-23(32)25(2,3)30(24(29)33)18-12-10-17(11-13-18)8-7-9-21(31)28(5)6;1-16(2,17-3)18-14-11-9-13(10-12-14)7-6-8-15(20)19(4)5;1-6-7(11-2)3-4-8(9(6)10)12-5-13/h10-15H,7-9H2,1-3,5-6H3;9-12,18H,4,6-8H2,1-2,5H3;3-4H,1H3/q;+1;. The molecule has 0 aromatic heterocycles. The van der Waals surface area contributed by atoms with Crippen molar-refractivity contribution < 1.29 is 27.7 Å². The van der Waals surface area contributed by atoms with Gasteiger partial charge in [-0.15, -0.1) is 0 Å². The number of hydrogen-bond donors (Lipinski definition) is 1. The van der Waals surface area contributed by atoms with Crippen LogP contribution >= 0.6 is 24.4 Å². The number of anilines is 3. The molecule has 0 atom stereocenters. The van der Waals surface area contributed by atoms with Gasteiger partial charge in [0, 0.05) is 45.7 Å². The number of amides is 3. The van der Waals surface area contributed by atoms with Gasteiger partial charge in [0.25, 0.3) is 11.6 Å². The molecule has 0 bridgehead atoms. The van der Waals surface area contributed by atoms with Gasteiger partial charge in [0.1, 0.15) is 36.6 Å². The van der Waals surface area contributed by atoms with Crippen LogP contribution in [0.25, 0.3) is 14.5 Å². The van der Waals surface area contributed by atoms with Gasteiger partial charge in [0.05, 0.1) is 30.4 Å². The highest BCUT2D eigenvalue weighted by Crippen LogP contribution is 2.39. The van der Waals surface area contributed by atoms with Crippen molar-refractivity contribution in [3.63, 3.8) is 0 Å². The van der Waals surface area contributed by atoms with Crippen LogP contribution < -0.4 is 15.1 Å². The number of carbonyl (C=O) groups is 3. The molecule has 4 aromatic rings. The molecule has 0 spiro atoms. The van der Waals surface area contributed by atoms with E-state index in [2.05, 4.69) is 48.9 Å². The van der Waals surface area contributed by atoms with E-state index >= 15 is 4.39 Å². The molecular weight excluding hydrogens is 877 g/mol. The summed E-state index contributed by atoms with van der Waals surface area (Å²) in [7, 11) is 5.16. The number of aryl methyl sites for hydroxylation is 2. The normalized spacial score (nSPS) is 12.5. The van der Waals surface area contributed by atoms with Crippen molar-refractivity contribution in [2.75, 3.05) is 36.3 Å². The molecular formula is C50H54F2N9O3S2+. The Bertz CT molecular complexity index is 2660. The van der Waals surface area contributed by atoms with Crippen LogP contribution in [0.5, 0.6) is 0 Å². The maximum Gasteiger partial charge on any atom is 0.386 e. The van der Waals surface area contributed by atoms with Crippen LogP contribution in [0, 0.1) is 45.2 Å². The van der Waals surface area contributed by atoms with Gasteiger partial charge in [-0.05, 0) is 136 Å². The summed E-state index contributed by atoms with van der Waals surface area (Å²) in [6.07, 6.45) is 4.20. The quantitative estimate of drug-likeness (QED) is 0.0617. The predicted octanol–water partition coefficient (Wildman–Crippen LogP) is 11.4. The van der Waals surface area contributed by atoms with Crippen LogP contribution in [-0.2, 0) is 27.2 Å². The number of carbonyl (C=O) groups excluding carboxylic acids is 3. The van der Waals surface area contributed by atoms with Crippen LogP contribution in [-0.4, -0.2) is 76.5 Å². The highest BCUT2D eigenvalue weighted by molar-refractivity contribution is 7.81. The lowest BCUT2D eigenvalue weighted by Crippen LogP contribution is -2.44. The van der Waals surface area contributed by atoms with E-state index in [4.69, 9.17) is 31.9 Å². The number of nitrogens with zero attached hydrogens (tertiary/aromatic N) is 8. The van der Waals surface area contributed by atoms with Gasteiger partial charge in [-0.25, -0.2) is 29.8 Å². The summed E-state index contributed by atoms with van der Waals surface area (Å²) in [6.45, 7) is 34.8. The highest BCUT2D eigenvalue weighted by Gasteiger charge is 2.51. The van der Waals surface area contributed by atoms with E-state index in [1.165, 1.54) is 53.2 Å². The molecule has 0 unspecified atom stereocenters. The third kappa shape index (κ3) is 13.7. The summed E-state index contributed by atoms with van der Waals surface area (Å²) in [5.41, 5.74) is 3.46. The molecule has 66 heavy (non-hydrogen) atoms. The van der Waals surface area contributed by atoms with Gasteiger partial charge >= 0.3 is 5.91 Å². The van der Waals surface area contributed by atoms with Gasteiger partial charge in [-0.3, -0.25) is 19.3 Å². The van der Waals surface area contributed by atoms with Crippen molar-refractivity contribution in [3.8, 4) is 0 Å². The third-order valence-electron chi connectivity index (χ3n) is 10.5. The Morgan fingerprint density at radius 3 is 1.89 bits per heavy atom. The van der Waals surface area contributed by atoms with E-state index in [0.717, 1.165) is 42.6 Å². The first-order chi connectivity index (χ1) is 31.0. The second kappa shape index (κ2) is 23.8. The molecule has 1 heterocycles. The van der Waals surface area contributed by atoms with Crippen LogP contribution in [0.1, 0.15) is 75.6 Å². The number of rotatable bonds is 13. The Morgan fingerprint density at radius 2 is 1.39 bits per heavy atom. The first-order valence-electron chi connectivity index (χ1n) is 20.8. The molecule has 1 saturated heterocycles. The van der Waals surface area contributed by atoms with Gasteiger partial charge in [-0.1, -0.05) is 36.4 Å². The molecule has 342 valence electrons. The number of isothiocyanates is 1. The number of thiocarbonyl (C=S) groups is 2. The zero-order chi connectivity index (χ0) is 49.5.